The second-order valence-electron chi connectivity index (χ2n) is 4.27. The van der Waals surface area contributed by atoms with Crippen LogP contribution in [0.25, 0.3) is 0 Å². The van der Waals surface area contributed by atoms with Crippen LogP contribution < -0.4 is 16.8 Å². The van der Waals surface area contributed by atoms with Gasteiger partial charge in [0.2, 0.25) is 5.91 Å². The van der Waals surface area contributed by atoms with Crippen molar-refractivity contribution < 1.29 is 19.5 Å². The van der Waals surface area contributed by atoms with E-state index in [1.54, 1.807) is 24.3 Å². The molecule has 1 rings (SSSR count). The van der Waals surface area contributed by atoms with Gasteiger partial charge in [-0.25, -0.2) is 4.79 Å². The zero-order valence-electron chi connectivity index (χ0n) is 10.8. The second-order valence-corrected chi connectivity index (χ2v) is 4.27. The van der Waals surface area contributed by atoms with E-state index in [1.807, 2.05) is 0 Å². The third-order valence-corrected chi connectivity index (χ3v) is 2.66. The van der Waals surface area contributed by atoms with E-state index in [9.17, 15) is 14.4 Å². The number of hydrogen-bond acceptors (Lipinski definition) is 4. The molecule has 0 bridgehead atoms. The van der Waals surface area contributed by atoms with Gasteiger partial charge >= 0.3 is 5.97 Å². The Morgan fingerprint density at radius 3 is 2.25 bits per heavy atom. The summed E-state index contributed by atoms with van der Waals surface area (Å²) in [6, 6.07) is 5.30. The van der Waals surface area contributed by atoms with Gasteiger partial charge in [-0.05, 0) is 30.7 Å². The number of nitrogens with one attached hydrogen (secondary N) is 1. The normalized spacial score (nSPS) is 11.7. The molecule has 0 saturated carbocycles. The molecule has 2 amide bonds. The van der Waals surface area contributed by atoms with E-state index >= 15 is 0 Å². The van der Waals surface area contributed by atoms with Gasteiger partial charge in [-0.3, -0.25) is 9.59 Å². The molecule has 0 saturated heterocycles. The molecule has 108 valence electrons. The molecule has 0 radical (unpaired) electrons. The lowest BCUT2D eigenvalue weighted by molar-refractivity contribution is -0.140. The summed E-state index contributed by atoms with van der Waals surface area (Å²) >= 11 is 0. The van der Waals surface area contributed by atoms with Gasteiger partial charge in [0, 0.05) is 5.56 Å². The lowest BCUT2D eigenvalue weighted by Crippen LogP contribution is -2.43. The van der Waals surface area contributed by atoms with Crippen molar-refractivity contribution >= 4 is 17.8 Å². The van der Waals surface area contributed by atoms with E-state index < -0.39 is 30.2 Å². The van der Waals surface area contributed by atoms with Gasteiger partial charge in [0.1, 0.15) is 6.04 Å². The summed E-state index contributed by atoms with van der Waals surface area (Å²) in [5.74, 6) is -2.68. The molecular weight excluding hydrogens is 262 g/mol. The molecule has 7 nitrogen and oxygen atoms in total. The van der Waals surface area contributed by atoms with Crippen LogP contribution in [0.3, 0.4) is 0 Å². The molecule has 1 atom stereocenters. The van der Waals surface area contributed by atoms with Gasteiger partial charge < -0.3 is 21.9 Å². The van der Waals surface area contributed by atoms with Crippen LogP contribution >= 0.6 is 0 Å². The van der Waals surface area contributed by atoms with E-state index in [4.69, 9.17) is 16.6 Å². The molecule has 1 aromatic rings. The third kappa shape index (κ3) is 4.69. The maximum absolute atomic E-state index is 11.9. The Morgan fingerprint density at radius 1 is 1.20 bits per heavy atom. The predicted octanol–water partition coefficient (Wildman–Crippen LogP) is -0.754. The number of carboxylic acids is 1. The minimum absolute atomic E-state index is 0.307. The molecule has 20 heavy (non-hydrogen) atoms. The van der Waals surface area contributed by atoms with E-state index in [0.29, 0.717) is 18.5 Å². The van der Waals surface area contributed by atoms with Crippen molar-refractivity contribution in [1.82, 2.24) is 5.32 Å². The third-order valence-electron chi connectivity index (χ3n) is 2.66. The Hall–Kier alpha value is -2.41. The zero-order valence-corrected chi connectivity index (χ0v) is 10.8. The van der Waals surface area contributed by atoms with Crippen LogP contribution in [0.15, 0.2) is 24.3 Å². The Bertz CT molecular complexity index is 499. The van der Waals surface area contributed by atoms with Crippen LogP contribution in [0.4, 0.5) is 0 Å². The number of carbonyl (C=O) groups excluding carboxylic acids is 2. The average molecular weight is 279 g/mol. The van der Waals surface area contributed by atoms with Crippen molar-refractivity contribution in [3.63, 3.8) is 0 Å². The number of carboxylic acid groups (broad SMARTS) is 1. The molecule has 7 heteroatoms. The van der Waals surface area contributed by atoms with Crippen LogP contribution in [-0.4, -0.2) is 35.5 Å². The lowest BCUT2D eigenvalue weighted by Gasteiger charge is -2.13. The topological polar surface area (TPSA) is 136 Å². The lowest BCUT2D eigenvalue weighted by atomic mass is 10.1. The highest BCUT2D eigenvalue weighted by Crippen LogP contribution is 2.06. The molecule has 1 aromatic carbocycles. The zero-order chi connectivity index (χ0) is 15.1. The van der Waals surface area contributed by atoms with Crippen LogP contribution in [0.5, 0.6) is 0 Å². The van der Waals surface area contributed by atoms with E-state index in [1.165, 1.54) is 0 Å². The van der Waals surface area contributed by atoms with Gasteiger partial charge in [-0.1, -0.05) is 12.1 Å². The number of hydrogen-bond donors (Lipinski definition) is 4. The molecule has 0 fully saturated rings. The van der Waals surface area contributed by atoms with Gasteiger partial charge in [-0.2, -0.15) is 0 Å². The van der Waals surface area contributed by atoms with Gasteiger partial charge in [0.25, 0.3) is 5.91 Å². The van der Waals surface area contributed by atoms with Crippen molar-refractivity contribution in [3.05, 3.63) is 35.4 Å². The first-order chi connectivity index (χ1) is 9.43. The van der Waals surface area contributed by atoms with Crippen molar-refractivity contribution in [2.75, 3.05) is 6.54 Å². The number of rotatable bonds is 7. The fraction of sp³-hybridized carbons (Fsp3) is 0.308. The number of aliphatic carboxylic acids is 1. The Kier molecular flexibility index (Phi) is 5.67. The quantitative estimate of drug-likeness (QED) is 0.520. The van der Waals surface area contributed by atoms with Gasteiger partial charge in [0.15, 0.2) is 0 Å². The van der Waals surface area contributed by atoms with E-state index in [2.05, 4.69) is 5.32 Å². The highest BCUT2D eigenvalue weighted by molar-refractivity contribution is 5.97. The minimum Gasteiger partial charge on any atom is -0.480 e. The number of benzene rings is 1. The summed E-state index contributed by atoms with van der Waals surface area (Å²) in [6.45, 7) is 0.505. The average Bonchev–Trinajstić information content (AvgIpc) is 2.38. The van der Waals surface area contributed by atoms with E-state index in [-0.39, 0.29) is 0 Å². The SMILES string of the molecule is NCCc1ccc(C(=O)N[C@H](CC(N)=O)C(=O)O)cc1. The fourth-order valence-corrected chi connectivity index (χ4v) is 1.63. The molecule has 0 unspecified atom stereocenters. The van der Waals surface area contributed by atoms with Crippen LogP contribution in [0.2, 0.25) is 0 Å². The highest BCUT2D eigenvalue weighted by Gasteiger charge is 2.22. The molecule has 0 heterocycles. The largest absolute Gasteiger partial charge is 0.480 e. The summed E-state index contributed by atoms with van der Waals surface area (Å²) in [4.78, 5) is 33.5. The molecule has 0 aromatic heterocycles. The summed E-state index contributed by atoms with van der Waals surface area (Å²) in [5, 5.41) is 11.1. The monoisotopic (exact) mass is 279 g/mol. The molecule has 6 N–H and O–H groups in total. The van der Waals surface area contributed by atoms with Crippen molar-refractivity contribution in [1.29, 1.82) is 0 Å². The van der Waals surface area contributed by atoms with Crippen LogP contribution in [-0.2, 0) is 16.0 Å². The Balaban J connectivity index is 2.73. The van der Waals surface area contributed by atoms with Crippen molar-refractivity contribution in [2.24, 2.45) is 11.5 Å². The Morgan fingerprint density at radius 2 is 1.80 bits per heavy atom. The number of nitrogens with two attached hydrogens (primary N) is 2. The predicted molar refractivity (Wildman–Crippen MR) is 71.9 cm³/mol. The van der Waals surface area contributed by atoms with Crippen molar-refractivity contribution in [3.8, 4) is 0 Å². The van der Waals surface area contributed by atoms with E-state index in [0.717, 1.165) is 5.56 Å². The van der Waals surface area contributed by atoms with Gasteiger partial charge in [0.05, 0.1) is 6.42 Å². The highest BCUT2D eigenvalue weighted by atomic mass is 16.4. The summed E-state index contributed by atoms with van der Waals surface area (Å²) in [6.07, 6.45) is 0.244. The molecule has 0 aliphatic carbocycles. The molecule has 0 spiro atoms. The number of amides is 2. The number of primary amides is 1. The molecule has 0 aliphatic heterocycles. The minimum atomic E-state index is -1.33. The standard InChI is InChI=1S/C13H17N3O4/c14-6-5-8-1-3-9(4-2-8)12(18)16-10(13(19)20)7-11(15)17/h1-4,10H,5-7,14H2,(H2,15,17)(H,16,18)(H,19,20)/t10-/m1/s1. The Labute approximate surface area is 115 Å². The first-order valence-corrected chi connectivity index (χ1v) is 6.05. The summed E-state index contributed by atoms with van der Waals surface area (Å²) in [7, 11) is 0. The fourth-order valence-electron chi connectivity index (χ4n) is 1.63. The first-order valence-electron chi connectivity index (χ1n) is 6.05. The number of carbonyl (C=O) groups is 3. The van der Waals surface area contributed by atoms with Crippen LogP contribution in [0, 0.1) is 0 Å². The molecule has 0 aliphatic rings. The molecular formula is C13H17N3O4. The summed E-state index contributed by atoms with van der Waals surface area (Å²) in [5.41, 5.74) is 11.6. The smallest absolute Gasteiger partial charge is 0.326 e. The summed E-state index contributed by atoms with van der Waals surface area (Å²) < 4.78 is 0. The maximum atomic E-state index is 11.9. The maximum Gasteiger partial charge on any atom is 0.326 e. The van der Waals surface area contributed by atoms with Crippen LogP contribution in [0.1, 0.15) is 22.3 Å². The first kappa shape index (κ1) is 15.6. The second kappa shape index (κ2) is 7.25. The van der Waals surface area contributed by atoms with Crippen molar-refractivity contribution in [2.45, 2.75) is 18.9 Å². The van der Waals surface area contributed by atoms with Gasteiger partial charge in [-0.15, -0.1) is 0 Å².